The summed E-state index contributed by atoms with van der Waals surface area (Å²) in [5.74, 6) is 0.0270. The van der Waals surface area contributed by atoms with Crippen LogP contribution in [-0.2, 0) is 6.54 Å². The first-order valence-corrected chi connectivity index (χ1v) is 12.8. The summed E-state index contributed by atoms with van der Waals surface area (Å²) in [6.45, 7) is 3.25. The first-order valence-electron chi connectivity index (χ1n) is 12.4. The fraction of sp³-hybridized carbons (Fsp3) is 0.172. The number of hydrogen-bond acceptors (Lipinski definition) is 6. The molecule has 7 nitrogen and oxygen atoms in total. The van der Waals surface area contributed by atoms with Crippen molar-refractivity contribution in [2.45, 2.75) is 6.54 Å². The minimum Gasteiger partial charge on any atom is -0.336 e. The van der Waals surface area contributed by atoms with Crippen LogP contribution >= 0.6 is 11.6 Å². The zero-order chi connectivity index (χ0) is 26.1. The van der Waals surface area contributed by atoms with Crippen molar-refractivity contribution in [1.29, 1.82) is 0 Å². The lowest BCUT2D eigenvalue weighted by atomic mass is 9.95. The van der Waals surface area contributed by atoms with Crippen LogP contribution in [0.4, 0.5) is 16.0 Å². The third-order valence-corrected chi connectivity index (χ3v) is 6.90. The predicted octanol–water partition coefficient (Wildman–Crippen LogP) is 5.08. The van der Waals surface area contributed by atoms with E-state index in [1.807, 2.05) is 35.2 Å². The summed E-state index contributed by atoms with van der Waals surface area (Å²) >= 11 is 6.36. The van der Waals surface area contributed by atoms with Gasteiger partial charge >= 0.3 is 0 Å². The quantitative estimate of drug-likeness (QED) is 0.388. The minimum absolute atomic E-state index is 0.00150. The fourth-order valence-electron chi connectivity index (χ4n) is 4.78. The maximum absolute atomic E-state index is 14.8. The van der Waals surface area contributed by atoms with Gasteiger partial charge in [-0.15, -0.1) is 0 Å². The number of benzene rings is 3. The molecule has 2 aliphatic heterocycles. The van der Waals surface area contributed by atoms with Crippen LogP contribution < -0.4 is 10.6 Å². The van der Waals surface area contributed by atoms with Gasteiger partial charge in [0.1, 0.15) is 5.82 Å². The van der Waals surface area contributed by atoms with E-state index in [4.69, 9.17) is 21.6 Å². The molecule has 190 valence electrons. The molecule has 4 aromatic rings. The summed E-state index contributed by atoms with van der Waals surface area (Å²) in [7, 11) is 0. The van der Waals surface area contributed by atoms with Crippen molar-refractivity contribution in [2.75, 3.05) is 31.5 Å². The number of nitrogens with zero attached hydrogens (tertiary/aromatic N) is 4. The normalized spacial score (nSPS) is 14.7. The van der Waals surface area contributed by atoms with E-state index in [9.17, 15) is 9.18 Å². The van der Waals surface area contributed by atoms with E-state index >= 15 is 0 Å². The third kappa shape index (κ3) is 4.76. The van der Waals surface area contributed by atoms with Gasteiger partial charge in [-0.1, -0.05) is 35.9 Å². The van der Waals surface area contributed by atoms with Crippen molar-refractivity contribution in [3.63, 3.8) is 0 Å². The number of anilines is 2. The van der Waals surface area contributed by atoms with Gasteiger partial charge in [-0.05, 0) is 42.5 Å². The largest absolute Gasteiger partial charge is 0.336 e. The van der Waals surface area contributed by atoms with E-state index in [1.54, 1.807) is 36.5 Å². The first kappa shape index (κ1) is 24.2. The van der Waals surface area contributed by atoms with Crippen molar-refractivity contribution in [3.05, 3.63) is 106 Å². The lowest BCUT2D eigenvalue weighted by molar-refractivity contribution is 0.0736. The monoisotopic (exact) mass is 526 g/mol. The Morgan fingerprint density at radius 2 is 1.82 bits per heavy atom. The van der Waals surface area contributed by atoms with Crippen LogP contribution in [0.1, 0.15) is 27.0 Å². The highest BCUT2D eigenvalue weighted by molar-refractivity contribution is 6.31. The van der Waals surface area contributed by atoms with Gasteiger partial charge in [0.25, 0.3) is 5.91 Å². The van der Waals surface area contributed by atoms with E-state index in [1.165, 1.54) is 6.07 Å². The maximum atomic E-state index is 14.8. The highest BCUT2D eigenvalue weighted by Gasteiger charge is 2.23. The Bertz CT molecular complexity index is 1570. The van der Waals surface area contributed by atoms with Gasteiger partial charge in [-0.25, -0.2) is 14.4 Å². The standard InChI is InChI=1S/C29H24ClFN6O/c30-20-8-9-22-24(15-20)27(23-6-1-2-7-25(23)31)33-16-19-17-34-29(36-26(19)22)35-21-5-3-4-18(14-21)28(38)37-12-10-32-11-13-37/h1-9,14-15,17,32H,10-13,16H2,(H,34,35,36). The Kier molecular flexibility index (Phi) is 6.57. The lowest BCUT2D eigenvalue weighted by Crippen LogP contribution is -2.46. The summed E-state index contributed by atoms with van der Waals surface area (Å²) in [5, 5.41) is 7.02. The van der Waals surface area contributed by atoms with E-state index in [-0.39, 0.29) is 11.7 Å². The molecule has 1 fully saturated rings. The molecular weight excluding hydrogens is 503 g/mol. The second-order valence-electron chi connectivity index (χ2n) is 9.15. The average Bonchev–Trinajstić information content (AvgIpc) is 3.10. The molecule has 0 saturated carbocycles. The average molecular weight is 527 g/mol. The van der Waals surface area contributed by atoms with Gasteiger partial charge in [0.2, 0.25) is 5.95 Å². The molecule has 6 rings (SSSR count). The molecule has 1 amide bonds. The topological polar surface area (TPSA) is 82.5 Å². The Morgan fingerprint density at radius 1 is 0.974 bits per heavy atom. The van der Waals surface area contributed by atoms with Gasteiger partial charge in [0, 0.05) is 70.9 Å². The Labute approximate surface area is 224 Å². The minimum atomic E-state index is -0.355. The number of piperazine rings is 1. The molecule has 2 aliphatic rings. The number of rotatable bonds is 4. The molecule has 3 heterocycles. The predicted molar refractivity (Wildman–Crippen MR) is 147 cm³/mol. The number of amides is 1. The van der Waals surface area contributed by atoms with Gasteiger partial charge in [-0.3, -0.25) is 9.79 Å². The zero-order valence-electron chi connectivity index (χ0n) is 20.4. The van der Waals surface area contributed by atoms with Crippen LogP contribution in [0.15, 0.2) is 77.9 Å². The lowest BCUT2D eigenvalue weighted by Gasteiger charge is -2.27. The van der Waals surface area contributed by atoms with Crippen LogP contribution in [0.25, 0.3) is 11.3 Å². The van der Waals surface area contributed by atoms with Crippen LogP contribution in [0, 0.1) is 5.82 Å². The van der Waals surface area contributed by atoms with Crippen molar-refractivity contribution in [1.82, 2.24) is 20.2 Å². The zero-order valence-corrected chi connectivity index (χ0v) is 21.2. The number of aromatic nitrogens is 2. The van der Waals surface area contributed by atoms with Gasteiger partial charge in [0.05, 0.1) is 18.0 Å². The molecule has 0 spiro atoms. The van der Waals surface area contributed by atoms with E-state index in [0.717, 1.165) is 24.2 Å². The van der Waals surface area contributed by atoms with E-state index in [0.29, 0.717) is 64.4 Å². The molecule has 0 bridgehead atoms. The molecule has 0 unspecified atom stereocenters. The van der Waals surface area contributed by atoms with Crippen molar-refractivity contribution >= 4 is 34.9 Å². The Balaban J connectivity index is 1.34. The Morgan fingerprint density at radius 3 is 2.66 bits per heavy atom. The number of halogens is 2. The second-order valence-corrected chi connectivity index (χ2v) is 9.59. The van der Waals surface area contributed by atoms with Crippen LogP contribution in [-0.4, -0.2) is 52.7 Å². The summed E-state index contributed by atoms with van der Waals surface area (Å²) < 4.78 is 14.8. The summed E-state index contributed by atoms with van der Waals surface area (Å²) in [6.07, 6.45) is 1.73. The summed E-state index contributed by atoms with van der Waals surface area (Å²) in [4.78, 5) is 28.9. The number of hydrogen-bond donors (Lipinski definition) is 2. The molecule has 3 aromatic carbocycles. The van der Waals surface area contributed by atoms with Crippen LogP contribution in [0.5, 0.6) is 0 Å². The molecule has 1 aromatic heterocycles. The fourth-order valence-corrected chi connectivity index (χ4v) is 4.95. The molecule has 0 atom stereocenters. The molecule has 0 radical (unpaired) electrons. The highest BCUT2D eigenvalue weighted by Crippen LogP contribution is 2.34. The molecule has 9 heteroatoms. The Hall–Kier alpha value is -4.14. The number of nitrogens with one attached hydrogen (secondary N) is 2. The molecular formula is C29H24ClFN6O. The van der Waals surface area contributed by atoms with Crippen LogP contribution in [0.3, 0.4) is 0 Å². The number of fused-ring (bicyclic) bond motifs is 3. The summed E-state index contributed by atoms with van der Waals surface area (Å²) in [6, 6.07) is 19.4. The number of carbonyl (C=O) groups excluding carboxylic acids is 1. The molecule has 2 N–H and O–H groups in total. The van der Waals surface area contributed by atoms with Crippen molar-refractivity contribution in [3.8, 4) is 11.3 Å². The third-order valence-electron chi connectivity index (χ3n) is 6.66. The molecule has 0 aliphatic carbocycles. The van der Waals surface area contributed by atoms with Gasteiger partial charge in [-0.2, -0.15) is 0 Å². The van der Waals surface area contributed by atoms with Crippen molar-refractivity contribution < 1.29 is 9.18 Å². The van der Waals surface area contributed by atoms with Gasteiger partial charge < -0.3 is 15.5 Å². The molecule has 38 heavy (non-hydrogen) atoms. The smallest absolute Gasteiger partial charge is 0.254 e. The maximum Gasteiger partial charge on any atom is 0.254 e. The van der Waals surface area contributed by atoms with E-state index < -0.39 is 0 Å². The highest BCUT2D eigenvalue weighted by atomic mass is 35.5. The first-order chi connectivity index (χ1) is 18.6. The second kappa shape index (κ2) is 10.3. The van der Waals surface area contributed by atoms with Crippen molar-refractivity contribution in [2.24, 2.45) is 4.99 Å². The number of aliphatic imine (C=N–C) groups is 1. The summed E-state index contributed by atoms with van der Waals surface area (Å²) in [5.41, 5.74) is 5.24. The molecule has 1 saturated heterocycles. The number of carbonyl (C=O) groups is 1. The van der Waals surface area contributed by atoms with Crippen LogP contribution in [0.2, 0.25) is 5.02 Å². The van der Waals surface area contributed by atoms with Gasteiger partial charge in [0.15, 0.2) is 0 Å². The SMILES string of the molecule is O=C(c1cccc(Nc2ncc3c(n2)-c2ccc(Cl)cc2C(c2ccccc2F)=NC3)c1)N1CCNCC1. The van der Waals surface area contributed by atoms with E-state index in [2.05, 4.69) is 15.6 Å².